The smallest absolute Gasteiger partial charge is 0.179 e. The standard InChI is InChI=1S/C16H19N5O2/c1-11-3-4-12(23-11)9-20-10-13(22-2)7-14(20)16-19-18-15-8-17-5-6-21(15)16/h3-6,8,13-14H,7,9-10H2,1-2H3/t13-,14+/m1/s1. The normalized spacial score (nSPS) is 22.2. The molecule has 3 aromatic rings. The first-order valence-electron chi connectivity index (χ1n) is 7.71. The summed E-state index contributed by atoms with van der Waals surface area (Å²) in [5.41, 5.74) is 0.761. The van der Waals surface area contributed by atoms with Gasteiger partial charge in [0.25, 0.3) is 0 Å². The number of nitrogens with zero attached hydrogens (tertiary/aromatic N) is 5. The molecule has 1 aliphatic heterocycles. The number of aryl methyl sites for hydroxylation is 1. The van der Waals surface area contributed by atoms with Crippen molar-refractivity contribution >= 4 is 5.65 Å². The van der Waals surface area contributed by atoms with Crippen LogP contribution in [0.2, 0.25) is 0 Å². The molecule has 7 heteroatoms. The Bertz CT molecular complexity index is 812. The molecular weight excluding hydrogens is 294 g/mol. The topological polar surface area (TPSA) is 68.7 Å². The molecule has 0 radical (unpaired) electrons. The lowest BCUT2D eigenvalue weighted by atomic mass is 10.2. The fourth-order valence-electron chi connectivity index (χ4n) is 3.24. The number of ether oxygens (including phenoxy) is 1. The molecule has 23 heavy (non-hydrogen) atoms. The largest absolute Gasteiger partial charge is 0.465 e. The summed E-state index contributed by atoms with van der Waals surface area (Å²) in [4.78, 5) is 6.43. The Morgan fingerprint density at radius 3 is 3.04 bits per heavy atom. The van der Waals surface area contributed by atoms with Gasteiger partial charge in [0.1, 0.15) is 11.5 Å². The Balaban J connectivity index is 1.66. The summed E-state index contributed by atoms with van der Waals surface area (Å²) in [7, 11) is 1.76. The number of aromatic nitrogens is 4. The summed E-state index contributed by atoms with van der Waals surface area (Å²) in [6, 6.07) is 4.16. The SMILES string of the molecule is CO[C@@H]1C[C@@H](c2nnc3cnccn23)N(Cc2ccc(C)o2)C1. The third-order valence-electron chi connectivity index (χ3n) is 4.39. The zero-order valence-corrected chi connectivity index (χ0v) is 13.2. The molecule has 0 N–H and O–H groups in total. The molecule has 4 heterocycles. The van der Waals surface area contributed by atoms with Gasteiger partial charge >= 0.3 is 0 Å². The fourth-order valence-corrected chi connectivity index (χ4v) is 3.24. The van der Waals surface area contributed by atoms with Gasteiger partial charge in [0.15, 0.2) is 11.5 Å². The van der Waals surface area contributed by atoms with Gasteiger partial charge in [0.2, 0.25) is 0 Å². The van der Waals surface area contributed by atoms with Crippen LogP contribution in [0.15, 0.2) is 35.1 Å². The highest BCUT2D eigenvalue weighted by atomic mass is 16.5. The highest BCUT2D eigenvalue weighted by Gasteiger charge is 2.36. The van der Waals surface area contributed by atoms with E-state index < -0.39 is 0 Å². The van der Waals surface area contributed by atoms with Crippen LogP contribution in [0, 0.1) is 6.92 Å². The molecule has 0 aromatic carbocycles. The van der Waals surface area contributed by atoms with E-state index in [0.717, 1.165) is 42.5 Å². The van der Waals surface area contributed by atoms with Crippen molar-refractivity contribution in [3.05, 3.63) is 48.1 Å². The van der Waals surface area contributed by atoms with Gasteiger partial charge in [-0.1, -0.05) is 0 Å². The van der Waals surface area contributed by atoms with Gasteiger partial charge in [0, 0.05) is 26.0 Å². The Morgan fingerprint density at radius 2 is 2.26 bits per heavy atom. The second kappa shape index (κ2) is 5.75. The quantitative estimate of drug-likeness (QED) is 0.734. The molecule has 0 bridgehead atoms. The van der Waals surface area contributed by atoms with Crippen LogP contribution in [-0.2, 0) is 11.3 Å². The van der Waals surface area contributed by atoms with Gasteiger partial charge in [-0.3, -0.25) is 14.3 Å². The van der Waals surface area contributed by atoms with Crippen molar-refractivity contribution in [1.29, 1.82) is 0 Å². The van der Waals surface area contributed by atoms with E-state index in [1.165, 1.54) is 0 Å². The monoisotopic (exact) mass is 313 g/mol. The van der Waals surface area contributed by atoms with E-state index >= 15 is 0 Å². The van der Waals surface area contributed by atoms with Crippen molar-refractivity contribution in [2.45, 2.75) is 32.0 Å². The van der Waals surface area contributed by atoms with Crippen LogP contribution in [0.5, 0.6) is 0 Å². The van der Waals surface area contributed by atoms with E-state index in [1.807, 2.05) is 29.7 Å². The Morgan fingerprint density at radius 1 is 1.35 bits per heavy atom. The van der Waals surface area contributed by atoms with E-state index in [0.29, 0.717) is 0 Å². The van der Waals surface area contributed by atoms with Crippen LogP contribution in [0.25, 0.3) is 5.65 Å². The van der Waals surface area contributed by atoms with Gasteiger partial charge in [-0.25, -0.2) is 0 Å². The average molecular weight is 313 g/mol. The van der Waals surface area contributed by atoms with Crippen LogP contribution >= 0.6 is 0 Å². The van der Waals surface area contributed by atoms with E-state index in [-0.39, 0.29) is 12.1 Å². The number of fused-ring (bicyclic) bond motifs is 1. The maximum atomic E-state index is 5.73. The molecule has 1 aliphatic rings. The molecule has 7 nitrogen and oxygen atoms in total. The van der Waals surface area contributed by atoms with Crippen LogP contribution in [0.3, 0.4) is 0 Å². The van der Waals surface area contributed by atoms with Gasteiger partial charge in [-0.2, -0.15) is 0 Å². The molecule has 2 atom stereocenters. The van der Waals surface area contributed by atoms with Crippen molar-refractivity contribution in [2.75, 3.05) is 13.7 Å². The van der Waals surface area contributed by atoms with Crippen molar-refractivity contribution in [3.8, 4) is 0 Å². The lowest BCUT2D eigenvalue weighted by molar-refractivity contribution is 0.106. The Labute approximate surface area is 133 Å². The second-order valence-corrected chi connectivity index (χ2v) is 5.91. The molecule has 3 aromatic heterocycles. The minimum absolute atomic E-state index is 0.141. The first kappa shape index (κ1) is 14.3. The summed E-state index contributed by atoms with van der Waals surface area (Å²) in [5, 5.41) is 8.61. The van der Waals surface area contributed by atoms with E-state index in [1.54, 1.807) is 19.5 Å². The molecule has 120 valence electrons. The first-order chi connectivity index (χ1) is 11.2. The Hall–Kier alpha value is -2.25. The van der Waals surface area contributed by atoms with E-state index in [4.69, 9.17) is 9.15 Å². The van der Waals surface area contributed by atoms with E-state index in [9.17, 15) is 0 Å². The van der Waals surface area contributed by atoms with Crippen molar-refractivity contribution in [1.82, 2.24) is 24.5 Å². The van der Waals surface area contributed by atoms with Gasteiger partial charge < -0.3 is 9.15 Å². The lowest BCUT2D eigenvalue weighted by Gasteiger charge is -2.21. The van der Waals surface area contributed by atoms with Crippen molar-refractivity contribution in [2.24, 2.45) is 0 Å². The average Bonchev–Trinajstić information content (AvgIpc) is 3.26. The molecule has 0 spiro atoms. The van der Waals surface area contributed by atoms with Gasteiger partial charge in [0.05, 0.1) is 24.9 Å². The summed E-state index contributed by atoms with van der Waals surface area (Å²) >= 11 is 0. The maximum Gasteiger partial charge on any atom is 0.179 e. The predicted octanol–water partition coefficient (Wildman–Crippen LogP) is 1.99. The summed E-state index contributed by atoms with van der Waals surface area (Å²) in [6.07, 6.45) is 6.45. The highest BCUT2D eigenvalue weighted by molar-refractivity contribution is 5.34. The van der Waals surface area contributed by atoms with Crippen LogP contribution < -0.4 is 0 Å². The summed E-state index contributed by atoms with van der Waals surface area (Å²) in [5.74, 6) is 2.81. The lowest BCUT2D eigenvalue weighted by Crippen LogP contribution is -2.25. The summed E-state index contributed by atoms with van der Waals surface area (Å²) < 4.78 is 13.3. The van der Waals surface area contributed by atoms with Crippen LogP contribution in [0.4, 0.5) is 0 Å². The van der Waals surface area contributed by atoms with Gasteiger partial charge in [-0.15, -0.1) is 10.2 Å². The minimum atomic E-state index is 0.141. The number of likely N-dealkylation sites (tertiary alicyclic amines) is 1. The summed E-state index contributed by atoms with van der Waals surface area (Å²) in [6.45, 7) is 3.54. The third-order valence-corrected chi connectivity index (χ3v) is 4.39. The number of hydrogen-bond acceptors (Lipinski definition) is 6. The van der Waals surface area contributed by atoms with E-state index in [2.05, 4.69) is 20.1 Å². The minimum Gasteiger partial charge on any atom is -0.465 e. The Kier molecular flexibility index (Phi) is 3.59. The van der Waals surface area contributed by atoms with Gasteiger partial charge in [-0.05, 0) is 25.5 Å². The highest BCUT2D eigenvalue weighted by Crippen LogP contribution is 2.33. The molecule has 0 saturated carbocycles. The number of rotatable bonds is 4. The molecular formula is C16H19N5O2. The second-order valence-electron chi connectivity index (χ2n) is 5.91. The molecule has 0 unspecified atom stereocenters. The predicted molar refractivity (Wildman–Crippen MR) is 82.8 cm³/mol. The fraction of sp³-hybridized carbons (Fsp3) is 0.438. The number of methoxy groups -OCH3 is 1. The first-order valence-corrected chi connectivity index (χ1v) is 7.71. The maximum absolute atomic E-state index is 5.73. The van der Waals surface area contributed by atoms with Crippen molar-refractivity contribution < 1.29 is 9.15 Å². The van der Waals surface area contributed by atoms with Crippen molar-refractivity contribution in [3.63, 3.8) is 0 Å². The molecule has 1 fully saturated rings. The number of hydrogen-bond donors (Lipinski definition) is 0. The zero-order chi connectivity index (χ0) is 15.8. The molecule has 4 rings (SSSR count). The molecule has 0 amide bonds. The van der Waals surface area contributed by atoms with Crippen LogP contribution in [0.1, 0.15) is 29.8 Å². The third kappa shape index (κ3) is 2.62. The van der Waals surface area contributed by atoms with Crippen LogP contribution in [-0.4, -0.2) is 44.2 Å². The number of furan rings is 1. The molecule has 1 saturated heterocycles. The molecule has 0 aliphatic carbocycles. The zero-order valence-electron chi connectivity index (χ0n) is 13.2.